The second-order valence-electron chi connectivity index (χ2n) is 5.00. The fraction of sp³-hybridized carbons (Fsp3) is 0.857. The van der Waals surface area contributed by atoms with Crippen molar-refractivity contribution in [2.45, 2.75) is 65.7 Å². The topological polar surface area (TPSA) is 0 Å². The zero-order valence-corrected chi connectivity index (χ0v) is 10.4. The molecule has 0 amide bonds. The van der Waals surface area contributed by atoms with Crippen molar-refractivity contribution < 1.29 is 0 Å². The van der Waals surface area contributed by atoms with Crippen molar-refractivity contribution in [3.8, 4) is 0 Å². The fourth-order valence-corrected chi connectivity index (χ4v) is 1.80. The highest BCUT2D eigenvalue weighted by Gasteiger charge is 2.02. The van der Waals surface area contributed by atoms with Crippen LogP contribution in [0.15, 0.2) is 12.7 Å². The molecule has 0 rings (SSSR count). The monoisotopic (exact) mass is 196 g/mol. The highest BCUT2D eigenvalue weighted by molar-refractivity contribution is 4.66. The van der Waals surface area contributed by atoms with E-state index in [1.807, 2.05) is 6.08 Å². The molecule has 0 saturated carbocycles. The average molecular weight is 196 g/mol. The normalized spacial score (nSPS) is 13.1. The van der Waals surface area contributed by atoms with Crippen LogP contribution in [-0.2, 0) is 0 Å². The lowest BCUT2D eigenvalue weighted by Crippen LogP contribution is -1.96. The first kappa shape index (κ1) is 13.7. The molecule has 1 atom stereocenters. The summed E-state index contributed by atoms with van der Waals surface area (Å²) in [5.41, 5.74) is 0. The molecular weight excluding hydrogens is 168 g/mol. The minimum Gasteiger partial charge on any atom is -0.103 e. The molecule has 14 heavy (non-hydrogen) atoms. The predicted octanol–water partition coefficient (Wildman–Crippen LogP) is 5.20. The highest BCUT2D eigenvalue weighted by atomic mass is 14.1. The van der Waals surface area contributed by atoms with Crippen molar-refractivity contribution >= 4 is 0 Å². The standard InChI is InChI=1S/C14H28/c1-5-6-7-8-11-14(4)12-9-10-13(2)3/h5,13-14H,1,6-12H2,2-4H3. The van der Waals surface area contributed by atoms with E-state index in [0.717, 1.165) is 11.8 Å². The van der Waals surface area contributed by atoms with Gasteiger partial charge >= 0.3 is 0 Å². The van der Waals surface area contributed by atoms with Gasteiger partial charge in [0.05, 0.1) is 0 Å². The molecule has 1 unspecified atom stereocenters. The predicted molar refractivity (Wildman–Crippen MR) is 66.5 cm³/mol. The third-order valence-corrected chi connectivity index (χ3v) is 2.83. The summed E-state index contributed by atoms with van der Waals surface area (Å²) in [4.78, 5) is 0. The smallest absolute Gasteiger partial charge is 0.0353 e. The molecular formula is C14H28. The van der Waals surface area contributed by atoms with Gasteiger partial charge in [-0.2, -0.15) is 0 Å². The maximum absolute atomic E-state index is 3.75. The molecule has 0 aromatic carbocycles. The molecule has 0 radical (unpaired) electrons. The van der Waals surface area contributed by atoms with E-state index >= 15 is 0 Å². The van der Waals surface area contributed by atoms with Crippen LogP contribution in [0.4, 0.5) is 0 Å². The van der Waals surface area contributed by atoms with E-state index in [0.29, 0.717) is 0 Å². The van der Waals surface area contributed by atoms with Crippen LogP contribution in [0, 0.1) is 11.8 Å². The Morgan fingerprint density at radius 1 is 0.929 bits per heavy atom. The van der Waals surface area contributed by atoms with Gasteiger partial charge in [-0.25, -0.2) is 0 Å². The van der Waals surface area contributed by atoms with Gasteiger partial charge in [-0.1, -0.05) is 59.0 Å². The van der Waals surface area contributed by atoms with Crippen molar-refractivity contribution in [2.24, 2.45) is 11.8 Å². The fourth-order valence-electron chi connectivity index (χ4n) is 1.80. The lowest BCUT2D eigenvalue weighted by Gasteiger charge is -2.11. The quantitative estimate of drug-likeness (QED) is 0.351. The number of hydrogen-bond acceptors (Lipinski definition) is 0. The van der Waals surface area contributed by atoms with E-state index in [1.165, 1.54) is 44.9 Å². The van der Waals surface area contributed by atoms with Crippen molar-refractivity contribution in [3.63, 3.8) is 0 Å². The van der Waals surface area contributed by atoms with Crippen LogP contribution in [0.5, 0.6) is 0 Å². The van der Waals surface area contributed by atoms with Crippen LogP contribution < -0.4 is 0 Å². The molecule has 0 bridgehead atoms. The van der Waals surface area contributed by atoms with E-state index in [4.69, 9.17) is 0 Å². The summed E-state index contributed by atoms with van der Waals surface area (Å²) in [5.74, 6) is 1.81. The third kappa shape index (κ3) is 9.83. The molecule has 0 aromatic heterocycles. The molecule has 0 heterocycles. The van der Waals surface area contributed by atoms with Gasteiger partial charge in [-0.15, -0.1) is 6.58 Å². The number of rotatable bonds is 9. The summed E-state index contributed by atoms with van der Waals surface area (Å²) in [6.07, 6.45) is 11.6. The Morgan fingerprint density at radius 2 is 1.57 bits per heavy atom. The van der Waals surface area contributed by atoms with Crippen LogP contribution in [0.2, 0.25) is 0 Å². The largest absolute Gasteiger partial charge is 0.103 e. The maximum Gasteiger partial charge on any atom is -0.0353 e. The van der Waals surface area contributed by atoms with E-state index in [2.05, 4.69) is 27.4 Å². The van der Waals surface area contributed by atoms with Gasteiger partial charge in [-0.05, 0) is 24.7 Å². The molecule has 0 spiro atoms. The molecule has 0 aliphatic rings. The van der Waals surface area contributed by atoms with E-state index < -0.39 is 0 Å². The summed E-state index contributed by atoms with van der Waals surface area (Å²) < 4.78 is 0. The Balaban J connectivity index is 3.19. The minimum absolute atomic E-state index is 0.878. The Hall–Kier alpha value is -0.260. The lowest BCUT2D eigenvalue weighted by molar-refractivity contribution is 0.423. The first-order valence-electron chi connectivity index (χ1n) is 6.27. The zero-order valence-electron chi connectivity index (χ0n) is 10.4. The highest BCUT2D eigenvalue weighted by Crippen LogP contribution is 2.17. The van der Waals surface area contributed by atoms with E-state index in [-0.39, 0.29) is 0 Å². The van der Waals surface area contributed by atoms with E-state index in [1.54, 1.807) is 0 Å². The summed E-state index contributed by atoms with van der Waals surface area (Å²) >= 11 is 0. The molecule has 0 fully saturated rings. The van der Waals surface area contributed by atoms with Gasteiger partial charge in [-0.3, -0.25) is 0 Å². The van der Waals surface area contributed by atoms with Gasteiger partial charge in [0, 0.05) is 0 Å². The molecule has 0 aliphatic carbocycles. The molecule has 0 N–H and O–H groups in total. The van der Waals surface area contributed by atoms with Gasteiger partial charge < -0.3 is 0 Å². The molecule has 84 valence electrons. The molecule has 0 saturated heterocycles. The second-order valence-corrected chi connectivity index (χ2v) is 5.00. The lowest BCUT2D eigenvalue weighted by atomic mass is 9.95. The number of unbranched alkanes of at least 4 members (excludes halogenated alkanes) is 2. The number of allylic oxidation sites excluding steroid dienone is 1. The molecule has 0 nitrogen and oxygen atoms in total. The van der Waals surface area contributed by atoms with Crippen molar-refractivity contribution in [1.29, 1.82) is 0 Å². The molecule has 0 aliphatic heterocycles. The Kier molecular flexibility index (Phi) is 9.13. The average Bonchev–Trinajstić information content (AvgIpc) is 2.12. The Labute approximate surface area is 90.8 Å². The third-order valence-electron chi connectivity index (χ3n) is 2.83. The SMILES string of the molecule is C=CCCCCC(C)CCCC(C)C. The van der Waals surface area contributed by atoms with Crippen LogP contribution in [0.1, 0.15) is 65.7 Å². The van der Waals surface area contributed by atoms with Gasteiger partial charge in [0.1, 0.15) is 0 Å². The van der Waals surface area contributed by atoms with Crippen LogP contribution in [-0.4, -0.2) is 0 Å². The van der Waals surface area contributed by atoms with Crippen LogP contribution in [0.25, 0.3) is 0 Å². The number of hydrogen-bond donors (Lipinski definition) is 0. The van der Waals surface area contributed by atoms with Crippen molar-refractivity contribution in [2.75, 3.05) is 0 Å². The van der Waals surface area contributed by atoms with Gasteiger partial charge in [0.2, 0.25) is 0 Å². The van der Waals surface area contributed by atoms with Gasteiger partial charge in [0.15, 0.2) is 0 Å². The van der Waals surface area contributed by atoms with Crippen molar-refractivity contribution in [3.05, 3.63) is 12.7 Å². The van der Waals surface area contributed by atoms with Crippen LogP contribution in [0.3, 0.4) is 0 Å². The molecule has 0 aromatic rings. The van der Waals surface area contributed by atoms with Crippen LogP contribution >= 0.6 is 0 Å². The molecule has 0 heteroatoms. The minimum atomic E-state index is 0.878. The summed E-state index contributed by atoms with van der Waals surface area (Å²) in [6, 6.07) is 0. The Morgan fingerprint density at radius 3 is 2.14 bits per heavy atom. The second kappa shape index (κ2) is 9.30. The summed E-state index contributed by atoms with van der Waals surface area (Å²) in [6.45, 7) is 10.8. The summed E-state index contributed by atoms with van der Waals surface area (Å²) in [5, 5.41) is 0. The first-order chi connectivity index (χ1) is 6.66. The Bertz CT molecular complexity index is 124. The first-order valence-corrected chi connectivity index (χ1v) is 6.27. The van der Waals surface area contributed by atoms with Gasteiger partial charge in [0.25, 0.3) is 0 Å². The van der Waals surface area contributed by atoms with E-state index in [9.17, 15) is 0 Å². The zero-order chi connectivity index (χ0) is 10.8. The summed E-state index contributed by atoms with van der Waals surface area (Å²) in [7, 11) is 0. The maximum atomic E-state index is 3.75. The van der Waals surface area contributed by atoms with Crippen molar-refractivity contribution in [1.82, 2.24) is 0 Å².